The van der Waals surface area contributed by atoms with E-state index in [1.807, 2.05) is 0 Å². The molecule has 1 unspecified atom stereocenters. The predicted octanol–water partition coefficient (Wildman–Crippen LogP) is 1.54. The first kappa shape index (κ1) is 12.1. The average molecular weight is 246 g/mol. The molecule has 4 nitrogen and oxygen atoms in total. The molecule has 1 aromatic heterocycles. The standard InChI is InChI=1S/C10H13F3N4/c11-10(12,13)7-5-16-9(14)17-8(7)6-2-1-3-15-4-6/h5-6,15H,1-4H2,(H2,14,16,17). The van der Waals surface area contributed by atoms with Crippen molar-refractivity contribution in [2.75, 3.05) is 18.8 Å². The Morgan fingerprint density at radius 2 is 2.18 bits per heavy atom. The van der Waals surface area contributed by atoms with Crippen LogP contribution in [0.1, 0.15) is 30.0 Å². The van der Waals surface area contributed by atoms with Crippen LogP contribution in [0, 0.1) is 0 Å². The fraction of sp³-hybridized carbons (Fsp3) is 0.600. The summed E-state index contributed by atoms with van der Waals surface area (Å²) in [6, 6.07) is 0. The van der Waals surface area contributed by atoms with E-state index in [-0.39, 0.29) is 17.6 Å². The third-order valence-corrected chi connectivity index (χ3v) is 2.83. The summed E-state index contributed by atoms with van der Waals surface area (Å²) in [5.74, 6) is -0.357. The van der Waals surface area contributed by atoms with Gasteiger partial charge >= 0.3 is 6.18 Å². The Morgan fingerprint density at radius 3 is 2.76 bits per heavy atom. The number of piperidine rings is 1. The lowest BCUT2D eigenvalue weighted by Crippen LogP contribution is -2.30. The van der Waals surface area contributed by atoms with Gasteiger partial charge in [0, 0.05) is 18.7 Å². The van der Waals surface area contributed by atoms with Gasteiger partial charge in [0.05, 0.1) is 11.3 Å². The second-order valence-corrected chi connectivity index (χ2v) is 4.07. The van der Waals surface area contributed by atoms with E-state index >= 15 is 0 Å². The van der Waals surface area contributed by atoms with Crippen molar-refractivity contribution in [3.8, 4) is 0 Å². The Morgan fingerprint density at radius 1 is 1.41 bits per heavy atom. The van der Waals surface area contributed by atoms with Gasteiger partial charge in [0.25, 0.3) is 0 Å². The Hall–Kier alpha value is -1.37. The van der Waals surface area contributed by atoms with Crippen molar-refractivity contribution in [2.45, 2.75) is 24.9 Å². The second-order valence-electron chi connectivity index (χ2n) is 4.07. The molecule has 1 aliphatic heterocycles. The van der Waals surface area contributed by atoms with Gasteiger partial charge in [0.2, 0.25) is 5.95 Å². The van der Waals surface area contributed by atoms with Crippen LogP contribution in [-0.4, -0.2) is 23.1 Å². The zero-order chi connectivity index (χ0) is 12.5. The number of halogens is 3. The molecule has 0 radical (unpaired) electrons. The van der Waals surface area contributed by atoms with E-state index in [0.717, 1.165) is 19.2 Å². The number of hydrogen-bond donors (Lipinski definition) is 2. The first-order valence-electron chi connectivity index (χ1n) is 5.39. The molecular formula is C10H13F3N4. The van der Waals surface area contributed by atoms with E-state index in [4.69, 9.17) is 5.73 Å². The summed E-state index contributed by atoms with van der Waals surface area (Å²) < 4.78 is 38.4. The highest BCUT2D eigenvalue weighted by molar-refractivity contribution is 5.30. The number of rotatable bonds is 1. The third kappa shape index (κ3) is 2.66. The van der Waals surface area contributed by atoms with Crippen LogP contribution in [0.3, 0.4) is 0 Å². The summed E-state index contributed by atoms with van der Waals surface area (Å²) in [7, 11) is 0. The number of aromatic nitrogens is 2. The number of nitrogen functional groups attached to an aromatic ring is 1. The topological polar surface area (TPSA) is 63.8 Å². The Kier molecular flexibility index (Phi) is 3.19. The molecule has 0 aromatic carbocycles. The van der Waals surface area contributed by atoms with E-state index in [0.29, 0.717) is 13.0 Å². The summed E-state index contributed by atoms with van der Waals surface area (Å²) in [5, 5.41) is 3.06. The van der Waals surface area contributed by atoms with Gasteiger partial charge in [0.15, 0.2) is 0 Å². The summed E-state index contributed by atoms with van der Waals surface area (Å²) in [4.78, 5) is 7.20. The average Bonchev–Trinajstić information content (AvgIpc) is 2.28. The maximum Gasteiger partial charge on any atom is 0.419 e. The van der Waals surface area contributed by atoms with Gasteiger partial charge in [0.1, 0.15) is 0 Å². The maximum absolute atomic E-state index is 12.8. The molecule has 94 valence electrons. The molecule has 0 aliphatic carbocycles. The van der Waals surface area contributed by atoms with Crippen LogP contribution < -0.4 is 11.1 Å². The summed E-state index contributed by atoms with van der Waals surface area (Å²) in [6.07, 6.45) is -2.13. The van der Waals surface area contributed by atoms with Crippen molar-refractivity contribution < 1.29 is 13.2 Å². The fourth-order valence-electron chi connectivity index (χ4n) is 2.02. The highest BCUT2D eigenvalue weighted by Crippen LogP contribution is 2.35. The van der Waals surface area contributed by atoms with Crippen molar-refractivity contribution in [1.29, 1.82) is 0 Å². The van der Waals surface area contributed by atoms with Crippen molar-refractivity contribution in [3.05, 3.63) is 17.5 Å². The molecule has 0 saturated carbocycles. The van der Waals surface area contributed by atoms with E-state index in [1.165, 1.54) is 0 Å². The summed E-state index contributed by atoms with van der Waals surface area (Å²) in [5.41, 5.74) is 4.60. The molecule has 1 aromatic rings. The zero-order valence-electron chi connectivity index (χ0n) is 9.09. The monoisotopic (exact) mass is 246 g/mol. The molecule has 1 fully saturated rings. The molecule has 0 spiro atoms. The van der Waals surface area contributed by atoms with E-state index < -0.39 is 11.7 Å². The number of nitrogens with zero attached hydrogens (tertiary/aromatic N) is 2. The number of alkyl halides is 3. The maximum atomic E-state index is 12.8. The lowest BCUT2D eigenvalue weighted by Gasteiger charge is -2.24. The van der Waals surface area contributed by atoms with Crippen molar-refractivity contribution in [1.82, 2.24) is 15.3 Å². The normalized spacial score (nSPS) is 21.5. The van der Waals surface area contributed by atoms with Gasteiger partial charge < -0.3 is 11.1 Å². The lowest BCUT2D eigenvalue weighted by atomic mass is 9.93. The molecular weight excluding hydrogens is 233 g/mol. The smallest absolute Gasteiger partial charge is 0.368 e. The third-order valence-electron chi connectivity index (χ3n) is 2.83. The largest absolute Gasteiger partial charge is 0.419 e. The molecule has 3 N–H and O–H groups in total. The van der Waals surface area contributed by atoms with Crippen LogP contribution in [0.5, 0.6) is 0 Å². The van der Waals surface area contributed by atoms with Crippen LogP contribution in [0.25, 0.3) is 0 Å². The van der Waals surface area contributed by atoms with Gasteiger partial charge in [-0.25, -0.2) is 9.97 Å². The van der Waals surface area contributed by atoms with Crippen molar-refractivity contribution in [2.24, 2.45) is 0 Å². The fourth-order valence-corrected chi connectivity index (χ4v) is 2.02. The van der Waals surface area contributed by atoms with Crippen molar-refractivity contribution in [3.63, 3.8) is 0 Å². The summed E-state index contributed by atoms with van der Waals surface area (Å²) in [6.45, 7) is 1.33. The predicted molar refractivity (Wildman–Crippen MR) is 56.3 cm³/mol. The molecule has 7 heteroatoms. The molecule has 1 atom stereocenters. The van der Waals surface area contributed by atoms with E-state index in [1.54, 1.807) is 0 Å². The highest BCUT2D eigenvalue weighted by atomic mass is 19.4. The minimum atomic E-state index is -4.43. The number of hydrogen-bond acceptors (Lipinski definition) is 4. The SMILES string of the molecule is Nc1ncc(C(F)(F)F)c(C2CCCNC2)n1. The minimum Gasteiger partial charge on any atom is -0.368 e. The first-order valence-corrected chi connectivity index (χ1v) is 5.39. The van der Waals surface area contributed by atoms with Gasteiger partial charge in [-0.15, -0.1) is 0 Å². The van der Waals surface area contributed by atoms with Crippen LogP contribution in [0.4, 0.5) is 19.1 Å². The molecule has 17 heavy (non-hydrogen) atoms. The van der Waals surface area contributed by atoms with Crippen LogP contribution in [0.15, 0.2) is 6.20 Å². The van der Waals surface area contributed by atoms with E-state index in [9.17, 15) is 13.2 Å². The Balaban J connectivity index is 2.39. The molecule has 2 heterocycles. The van der Waals surface area contributed by atoms with Gasteiger partial charge in [-0.1, -0.05) is 0 Å². The summed E-state index contributed by atoms with van der Waals surface area (Å²) >= 11 is 0. The highest BCUT2D eigenvalue weighted by Gasteiger charge is 2.37. The molecule has 0 amide bonds. The number of nitrogens with two attached hydrogens (primary N) is 1. The Bertz CT molecular complexity index is 399. The quantitative estimate of drug-likeness (QED) is 0.789. The van der Waals surface area contributed by atoms with E-state index in [2.05, 4.69) is 15.3 Å². The molecule has 1 saturated heterocycles. The second kappa shape index (κ2) is 4.48. The van der Waals surface area contributed by atoms with Gasteiger partial charge in [-0.2, -0.15) is 13.2 Å². The Labute approximate surface area is 96.4 Å². The van der Waals surface area contributed by atoms with Crippen molar-refractivity contribution >= 4 is 5.95 Å². The van der Waals surface area contributed by atoms with Gasteiger partial charge in [-0.3, -0.25) is 0 Å². The van der Waals surface area contributed by atoms with Crippen LogP contribution in [0.2, 0.25) is 0 Å². The first-order chi connectivity index (χ1) is 7.98. The zero-order valence-corrected chi connectivity index (χ0v) is 9.09. The van der Waals surface area contributed by atoms with Gasteiger partial charge in [-0.05, 0) is 19.4 Å². The lowest BCUT2D eigenvalue weighted by molar-refractivity contribution is -0.139. The molecule has 2 rings (SSSR count). The number of anilines is 1. The number of nitrogens with one attached hydrogen (secondary N) is 1. The molecule has 1 aliphatic rings. The van der Waals surface area contributed by atoms with Crippen LogP contribution in [-0.2, 0) is 6.18 Å². The van der Waals surface area contributed by atoms with Crippen LogP contribution >= 0.6 is 0 Å². The molecule has 0 bridgehead atoms. The minimum absolute atomic E-state index is 0.0113.